The zero-order chi connectivity index (χ0) is 12.8. The van der Waals surface area contributed by atoms with Crippen molar-refractivity contribution in [1.29, 1.82) is 0 Å². The molecule has 0 spiro atoms. The van der Waals surface area contributed by atoms with Crippen LogP contribution in [0.1, 0.15) is 12.0 Å². The van der Waals surface area contributed by atoms with Crippen molar-refractivity contribution in [1.82, 2.24) is 9.78 Å². The molecule has 2 N–H and O–H groups in total. The minimum atomic E-state index is 0.507. The number of hydrogen-bond donors (Lipinski definition) is 1. The van der Waals surface area contributed by atoms with Crippen LogP contribution in [-0.2, 0) is 13.1 Å². The van der Waals surface area contributed by atoms with E-state index >= 15 is 0 Å². The summed E-state index contributed by atoms with van der Waals surface area (Å²) in [7, 11) is 0. The number of aromatic nitrogens is 2. The number of benzene rings is 1. The Hall–Kier alpha value is -1.08. The van der Waals surface area contributed by atoms with E-state index in [1.54, 1.807) is 0 Å². The van der Waals surface area contributed by atoms with Gasteiger partial charge >= 0.3 is 0 Å². The molecule has 18 heavy (non-hydrogen) atoms. The first-order chi connectivity index (χ1) is 8.79. The van der Waals surface area contributed by atoms with E-state index in [0.29, 0.717) is 13.2 Å². The number of aryl methyl sites for hydroxylation is 1. The number of nitrogens with zero attached hydrogens (tertiary/aromatic N) is 2. The maximum atomic E-state index is 5.73. The van der Waals surface area contributed by atoms with Crippen molar-refractivity contribution in [2.75, 3.05) is 6.61 Å². The molecule has 0 aliphatic heterocycles. The molecule has 5 heteroatoms. The SMILES string of the molecule is NCc1ccccc1OCCCn1cc(I)cn1. The lowest BCUT2D eigenvalue weighted by Gasteiger charge is -2.09. The fraction of sp³-hybridized carbons (Fsp3) is 0.308. The number of para-hydroxylation sites is 1. The van der Waals surface area contributed by atoms with Crippen molar-refractivity contribution in [3.05, 3.63) is 45.8 Å². The summed E-state index contributed by atoms with van der Waals surface area (Å²) in [4.78, 5) is 0. The van der Waals surface area contributed by atoms with Crippen LogP contribution < -0.4 is 10.5 Å². The Morgan fingerprint density at radius 2 is 2.17 bits per heavy atom. The zero-order valence-corrected chi connectivity index (χ0v) is 12.2. The molecule has 2 aromatic rings. The summed E-state index contributed by atoms with van der Waals surface area (Å²) in [5, 5.41) is 4.23. The van der Waals surface area contributed by atoms with Crippen molar-refractivity contribution >= 4 is 22.6 Å². The van der Waals surface area contributed by atoms with Gasteiger partial charge in [0.1, 0.15) is 5.75 Å². The first-order valence-electron chi connectivity index (χ1n) is 5.88. The summed E-state index contributed by atoms with van der Waals surface area (Å²) >= 11 is 2.25. The van der Waals surface area contributed by atoms with Gasteiger partial charge in [-0.25, -0.2) is 0 Å². The maximum absolute atomic E-state index is 5.73. The van der Waals surface area contributed by atoms with Crippen LogP contribution in [0.4, 0.5) is 0 Å². The van der Waals surface area contributed by atoms with Crippen LogP contribution in [0.2, 0.25) is 0 Å². The first kappa shape index (κ1) is 13.4. The third-order valence-electron chi connectivity index (χ3n) is 2.58. The number of rotatable bonds is 6. The van der Waals surface area contributed by atoms with Gasteiger partial charge in [0.2, 0.25) is 0 Å². The van der Waals surface area contributed by atoms with Gasteiger partial charge in [-0.05, 0) is 28.7 Å². The van der Waals surface area contributed by atoms with E-state index in [2.05, 4.69) is 27.7 Å². The highest BCUT2D eigenvalue weighted by molar-refractivity contribution is 14.1. The molecule has 1 aromatic heterocycles. The van der Waals surface area contributed by atoms with Gasteiger partial charge in [-0.1, -0.05) is 18.2 Å². The summed E-state index contributed by atoms with van der Waals surface area (Å²) in [6.45, 7) is 2.05. The first-order valence-corrected chi connectivity index (χ1v) is 6.96. The second-order valence-electron chi connectivity index (χ2n) is 3.94. The van der Waals surface area contributed by atoms with E-state index in [1.165, 1.54) is 0 Å². The molecule has 0 atom stereocenters. The maximum Gasteiger partial charge on any atom is 0.123 e. The van der Waals surface area contributed by atoms with E-state index in [1.807, 2.05) is 41.3 Å². The van der Waals surface area contributed by atoms with E-state index in [9.17, 15) is 0 Å². The Balaban J connectivity index is 1.78. The normalized spacial score (nSPS) is 10.6. The van der Waals surface area contributed by atoms with Crippen LogP contribution in [0.5, 0.6) is 5.75 Å². The van der Waals surface area contributed by atoms with Gasteiger partial charge in [-0.15, -0.1) is 0 Å². The standard InChI is InChI=1S/C13H16IN3O/c14-12-9-16-17(10-12)6-3-7-18-13-5-2-1-4-11(13)8-15/h1-2,4-5,9-10H,3,6-8,15H2. The smallest absolute Gasteiger partial charge is 0.123 e. The topological polar surface area (TPSA) is 53.1 Å². The summed E-state index contributed by atoms with van der Waals surface area (Å²) in [5.41, 5.74) is 6.70. The predicted molar refractivity (Wildman–Crippen MR) is 79.4 cm³/mol. The van der Waals surface area contributed by atoms with Crippen LogP contribution in [0, 0.1) is 3.57 Å². The van der Waals surface area contributed by atoms with Crippen LogP contribution >= 0.6 is 22.6 Å². The van der Waals surface area contributed by atoms with Crippen molar-refractivity contribution < 1.29 is 4.74 Å². The fourth-order valence-electron chi connectivity index (χ4n) is 1.68. The van der Waals surface area contributed by atoms with Gasteiger partial charge in [0.15, 0.2) is 0 Å². The molecule has 0 saturated heterocycles. The minimum Gasteiger partial charge on any atom is -0.493 e. The molecular formula is C13H16IN3O. The molecule has 1 aromatic carbocycles. The molecule has 0 aliphatic carbocycles. The molecule has 0 amide bonds. The second-order valence-corrected chi connectivity index (χ2v) is 5.18. The molecule has 0 aliphatic rings. The quantitative estimate of drug-likeness (QED) is 0.638. The number of nitrogens with two attached hydrogens (primary N) is 1. The molecule has 0 unspecified atom stereocenters. The van der Waals surface area contributed by atoms with Gasteiger partial charge in [-0.3, -0.25) is 4.68 Å². The van der Waals surface area contributed by atoms with Gasteiger partial charge < -0.3 is 10.5 Å². The Morgan fingerprint density at radius 3 is 2.89 bits per heavy atom. The molecule has 0 saturated carbocycles. The Morgan fingerprint density at radius 1 is 1.33 bits per heavy atom. The highest BCUT2D eigenvalue weighted by Crippen LogP contribution is 2.17. The molecule has 2 rings (SSSR count). The summed E-state index contributed by atoms with van der Waals surface area (Å²) in [5.74, 6) is 0.884. The average Bonchev–Trinajstić information content (AvgIpc) is 2.81. The number of halogens is 1. The highest BCUT2D eigenvalue weighted by Gasteiger charge is 2.01. The third-order valence-corrected chi connectivity index (χ3v) is 3.14. The summed E-state index contributed by atoms with van der Waals surface area (Å²) in [6.07, 6.45) is 4.80. The number of ether oxygens (including phenoxy) is 1. The largest absolute Gasteiger partial charge is 0.493 e. The third kappa shape index (κ3) is 3.71. The van der Waals surface area contributed by atoms with Crippen molar-refractivity contribution in [3.63, 3.8) is 0 Å². The lowest BCUT2D eigenvalue weighted by molar-refractivity contribution is 0.296. The van der Waals surface area contributed by atoms with Crippen LogP contribution in [-0.4, -0.2) is 16.4 Å². The Labute approximate surface area is 120 Å². The molecular weight excluding hydrogens is 341 g/mol. The van der Waals surface area contributed by atoms with Gasteiger partial charge in [0, 0.05) is 31.3 Å². The molecule has 0 radical (unpaired) electrons. The highest BCUT2D eigenvalue weighted by atomic mass is 127. The molecule has 1 heterocycles. The van der Waals surface area contributed by atoms with Crippen molar-refractivity contribution in [2.45, 2.75) is 19.5 Å². The lowest BCUT2D eigenvalue weighted by Crippen LogP contribution is -2.07. The average molecular weight is 357 g/mol. The van der Waals surface area contributed by atoms with Gasteiger partial charge in [0.25, 0.3) is 0 Å². The fourth-order valence-corrected chi connectivity index (χ4v) is 2.13. The van der Waals surface area contributed by atoms with E-state index < -0.39 is 0 Å². The van der Waals surface area contributed by atoms with Crippen LogP contribution in [0.25, 0.3) is 0 Å². The van der Waals surface area contributed by atoms with E-state index in [-0.39, 0.29) is 0 Å². The Kier molecular flexibility index (Phi) is 5.00. The Bertz CT molecular complexity index is 498. The van der Waals surface area contributed by atoms with Crippen molar-refractivity contribution in [3.8, 4) is 5.75 Å². The molecule has 0 bridgehead atoms. The molecule has 96 valence electrons. The van der Waals surface area contributed by atoms with Crippen molar-refractivity contribution in [2.24, 2.45) is 5.73 Å². The van der Waals surface area contributed by atoms with E-state index in [4.69, 9.17) is 10.5 Å². The second kappa shape index (κ2) is 6.75. The monoisotopic (exact) mass is 357 g/mol. The summed E-state index contributed by atoms with van der Waals surface area (Å²) < 4.78 is 8.82. The molecule has 4 nitrogen and oxygen atoms in total. The van der Waals surface area contributed by atoms with Gasteiger partial charge in [-0.2, -0.15) is 5.10 Å². The van der Waals surface area contributed by atoms with Crippen LogP contribution in [0.3, 0.4) is 0 Å². The lowest BCUT2D eigenvalue weighted by atomic mass is 10.2. The zero-order valence-electron chi connectivity index (χ0n) is 10.1. The van der Waals surface area contributed by atoms with Gasteiger partial charge in [0.05, 0.1) is 16.4 Å². The predicted octanol–water partition coefficient (Wildman–Crippen LogP) is 2.42. The number of hydrogen-bond acceptors (Lipinski definition) is 3. The van der Waals surface area contributed by atoms with E-state index in [0.717, 1.165) is 27.8 Å². The van der Waals surface area contributed by atoms with Crippen LogP contribution in [0.15, 0.2) is 36.7 Å². The summed E-state index contributed by atoms with van der Waals surface area (Å²) in [6, 6.07) is 7.88. The molecule has 0 fully saturated rings. The minimum absolute atomic E-state index is 0.507.